The lowest BCUT2D eigenvalue weighted by atomic mass is 9.77. The topological polar surface area (TPSA) is 58.0 Å². The molecule has 1 amide bonds. The minimum atomic E-state index is -0.154. The van der Waals surface area contributed by atoms with Crippen molar-refractivity contribution in [2.75, 3.05) is 56.7 Å². The van der Waals surface area contributed by atoms with Crippen LogP contribution in [-0.4, -0.2) is 57.2 Å². The summed E-state index contributed by atoms with van der Waals surface area (Å²) >= 11 is 0. The Hall–Kier alpha value is -2.31. The van der Waals surface area contributed by atoms with Crippen molar-refractivity contribution in [1.82, 2.24) is 4.90 Å². The van der Waals surface area contributed by atoms with Gasteiger partial charge in [-0.1, -0.05) is 6.07 Å². The third-order valence-corrected chi connectivity index (χ3v) is 8.59. The zero-order valence-electron chi connectivity index (χ0n) is 20.4. The molecule has 4 aliphatic rings. The molecule has 1 aromatic heterocycles. The molecule has 4 heterocycles. The van der Waals surface area contributed by atoms with Gasteiger partial charge in [0.2, 0.25) is 0 Å². The van der Waals surface area contributed by atoms with Crippen LogP contribution in [0, 0.1) is 5.41 Å². The smallest absolute Gasteiger partial charge is 0.291 e. The summed E-state index contributed by atoms with van der Waals surface area (Å²) < 4.78 is 11.5. The Bertz CT molecular complexity index is 1030. The lowest BCUT2D eigenvalue weighted by Crippen LogP contribution is -2.41. The fourth-order valence-corrected chi connectivity index (χ4v) is 6.25. The maximum Gasteiger partial charge on any atom is 0.291 e. The summed E-state index contributed by atoms with van der Waals surface area (Å²) in [6, 6.07) is 10.5. The number of rotatable bonds is 5. The molecule has 2 aromatic rings. The maximum absolute atomic E-state index is 13.2. The Morgan fingerprint density at radius 2 is 1.74 bits per heavy atom. The first kappa shape index (κ1) is 22.2. The molecular weight excluding hydrogens is 426 g/mol. The third-order valence-electron chi connectivity index (χ3n) is 8.59. The average molecular weight is 464 g/mol. The van der Waals surface area contributed by atoms with Crippen molar-refractivity contribution in [1.29, 1.82) is 0 Å². The second-order valence-corrected chi connectivity index (χ2v) is 11.1. The van der Waals surface area contributed by atoms with Gasteiger partial charge in [-0.15, -0.1) is 0 Å². The van der Waals surface area contributed by atoms with Gasteiger partial charge in [0.05, 0.1) is 11.4 Å². The monoisotopic (exact) mass is 463 g/mol. The normalized spacial score (nSPS) is 23.5. The van der Waals surface area contributed by atoms with Gasteiger partial charge < -0.3 is 24.3 Å². The van der Waals surface area contributed by atoms with Crippen molar-refractivity contribution in [3.05, 3.63) is 47.4 Å². The molecule has 1 aromatic carbocycles. The van der Waals surface area contributed by atoms with E-state index in [1.807, 2.05) is 12.1 Å². The van der Waals surface area contributed by atoms with E-state index in [4.69, 9.17) is 9.15 Å². The minimum absolute atomic E-state index is 0.154. The van der Waals surface area contributed by atoms with Gasteiger partial charge in [0, 0.05) is 38.8 Å². The molecule has 1 N–H and O–H groups in total. The molecule has 1 saturated carbocycles. The van der Waals surface area contributed by atoms with E-state index in [0.717, 1.165) is 56.3 Å². The second-order valence-electron chi connectivity index (χ2n) is 11.1. The second kappa shape index (κ2) is 9.04. The van der Waals surface area contributed by atoms with Crippen molar-refractivity contribution in [3.8, 4) is 0 Å². The van der Waals surface area contributed by atoms with E-state index in [2.05, 4.69) is 40.4 Å². The summed E-state index contributed by atoms with van der Waals surface area (Å²) in [5, 5.41) is 3.22. The van der Waals surface area contributed by atoms with Crippen LogP contribution in [0.2, 0.25) is 0 Å². The van der Waals surface area contributed by atoms with E-state index >= 15 is 0 Å². The van der Waals surface area contributed by atoms with Crippen LogP contribution in [0.5, 0.6) is 0 Å². The molecule has 1 spiro atoms. The highest BCUT2D eigenvalue weighted by atomic mass is 16.5. The highest BCUT2D eigenvalue weighted by molar-refractivity contribution is 6.04. The molecule has 6 heteroatoms. The first-order valence-corrected chi connectivity index (χ1v) is 13.1. The first-order chi connectivity index (χ1) is 16.6. The highest BCUT2D eigenvalue weighted by Crippen LogP contribution is 2.45. The number of hydrogen-bond acceptors (Lipinski definition) is 5. The van der Waals surface area contributed by atoms with Crippen molar-refractivity contribution in [3.63, 3.8) is 0 Å². The quantitative estimate of drug-likeness (QED) is 0.658. The van der Waals surface area contributed by atoms with Crippen molar-refractivity contribution in [2.24, 2.45) is 5.41 Å². The number of furan rings is 1. The zero-order valence-corrected chi connectivity index (χ0v) is 20.4. The van der Waals surface area contributed by atoms with Crippen molar-refractivity contribution < 1.29 is 13.9 Å². The number of nitrogens with zero attached hydrogens (tertiary/aromatic N) is 2. The zero-order chi connectivity index (χ0) is 23.1. The molecular formula is C28H37N3O3. The van der Waals surface area contributed by atoms with Gasteiger partial charge in [0.25, 0.3) is 5.91 Å². The Kier molecular flexibility index (Phi) is 5.90. The summed E-state index contributed by atoms with van der Waals surface area (Å²) in [6.45, 7) is 6.06. The summed E-state index contributed by atoms with van der Waals surface area (Å²) in [5.74, 6) is 2.14. The van der Waals surface area contributed by atoms with Crippen LogP contribution in [0.15, 0.2) is 34.7 Å². The number of ether oxygens (including phenoxy) is 1. The average Bonchev–Trinajstić information content (AvgIpc) is 3.48. The number of carbonyl (C=O) groups is 1. The minimum Gasteiger partial charge on any atom is -0.456 e. The molecule has 0 bridgehead atoms. The fourth-order valence-electron chi connectivity index (χ4n) is 6.25. The van der Waals surface area contributed by atoms with E-state index in [9.17, 15) is 4.79 Å². The summed E-state index contributed by atoms with van der Waals surface area (Å²) in [7, 11) is 2.24. The molecule has 4 fully saturated rings. The first-order valence-electron chi connectivity index (χ1n) is 13.1. The summed E-state index contributed by atoms with van der Waals surface area (Å²) in [5.41, 5.74) is 3.90. The lowest BCUT2D eigenvalue weighted by molar-refractivity contribution is 0.0799. The summed E-state index contributed by atoms with van der Waals surface area (Å²) in [6.07, 6.45) is 8.17. The molecule has 0 radical (unpaired) electrons. The SMILES string of the molecule is CN1CCC2(CCN(c3ccc(C4CC4)cc3NC(=O)c3ccc(C4CCOCC4)o3)CC2)C1. The Morgan fingerprint density at radius 1 is 0.971 bits per heavy atom. The van der Waals surface area contributed by atoms with Gasteiger partial charge >= 0.3 is 0 Å². The molecule has 1 aliphatic carbocycles. The van der Waals surface area contributed by atoms with Crippen LogP contribution in [-0.2, 0) is 4.74 Å². The van der Waals surface area contributed by atoms with E-state index in [1.165, 1.54) is 50.8 Å². The predicted molar refractivity (Wildman–Crippen MR) is 134 cm³/mol. The van der Waals surface area contributed by atoms with E-state index in [0.29, 0.717) is 23.0 Å². The molecule has 0 atom stereocenters. The molecule has 182 valence electrons. The van der Waals surface area contributed by atoms with Crippen molar-refractivity contribution in [2.45, 2.75) is 56.8 Å². The number of amides is 1. The molecule has 0 unspecified atom stereocenters. The van der Waals surface area contributed by atoms with Gasteiger partial charge in [-0.05, 0) is 99.7 Å². The van der Waals surface area contributed by atoms with Crippen LogP contribution < -0.4 is 10.2 Å². The van der Waals surface area contributed by atoms with E-state index in [-0.39, 0.29) is 5.91 Å². The number of likely N-dealkylation sites (tertiary alicyclic amines) is 1. The maximum atomic E-state index is 13.2. The van der Waals surface area contributed by atoms with Gasteiger partial charge in [-0.2, -0.15) is 0 Å². The Morgan fingerprint density at radius 3 is 2.44 bits per heavy atom. The standard InChI is InChI=1S/C28H37N3O3/c1-30-13-10-28(19-30)11-14-31(15-12-28)24-5-4-22(20-2-3-20)18-23(24)29-27(32)26-7-6-25(34-26)21-8-16-33-17-9-21/h4-7,18,20-21H,2-3,8-17,19H2,1H3,(H,29,32). The largest absolute Gasteiger partial charge is 0.456 e. The summed E-state index contributed by atoms with van der Waals surface area (Å²) in [4.78, 5) is 18.2. The molecule has 34 heavy (non-hydrogen) atoms. The third kappa shape index (κ3) is 4.50. The molecule has 3 saturated heterocycles. The molecule has 3 aliphatic heterocycles. The van der Waals surface area contributed by atoms with Gasteiger partial charge in [-0.25, -0.2) is 0 Å². The highest BCUT2D eigenvalue weighted by Gasteiger charge is 2.39. The number of carbonyl (C=O) groups excluding carboxylic acids is 1. The molecule has 6 rings (SSSR count). The van der Waals surface area contributed by atoms with Crippen LogP contribution in [0.1, 0.15) is 78.7 Å². The number of hydrogen-bond donors (Lipinski definition) is 1. The van der Waals surface area contributed by atoms with Crippen LogP contribution in [0.25, 0.3) is 0 Å². The Balaban J connectivity index is 1.19. The number of piperidine rings is 1. The van der Waals surface area contributed by atoms with Crippen LogP contribution in [0.3, 0.4) is 0 Å². The Labute approximate surface area is 202 Å². The number of nitrogens with one attached hydrogen (secondary N) is 1. The van der Waals surface area contributed by atoms with Gasteiger partial charge in [0.1, 0.15) is 5.76 Å². The van der Waals surface area contributed by atoms with Gasteiger partial charge in [-0.3, -0.25) is 4.79 Å². The lowest BCUT2D eigenvalue weighted by Gasteiger charge is -2.41. The van der Waals surface area contributed by atoms with E-state index < -0.39 is 0 Å². The van der Waals surface area contributed by atoms with Crippen LogP contribution >= 0.6 is 0 Å². The van der Waals surface area contributed by atoms with Crippen molar-refractivity contribution >= 4 is 17.3 Å². The number of benzene rings is 1. The fraction of sp³-hybridized carbons (Fsp3) is 0.607. The van der Waals surface area contributed by atoms with Gasteiger partial charge in [0.15, 0.2) is 5.76 Å². The van der Waals surface area contributed by atoms with Crippen LogP contribution in [0.4, 0.5) is 11.4 Å². The number of anilines is 2. The van der Waals surface area contributed by atoms with E-state index in [1.54, 1.807) is 0 Å². The predicted octanol–water partition coefficient (Wildman–Crippen LogP) is 5.23. The molecule has 6 nitrogen and oxygen atoms in total.